The van der Waals surface area contributed by atoms with Gasteiger partial charge in [0.2, 0.25) is 0 Å². The van der Waals surface area contributed by atoms with Crippen molar-refractivity contribution < 1.29 is 0 Å². The van der Waals surface area contributed by atoms with Crippen LogP contribution in [0.3, 0.4) is 0 Å². The molecule has 3 aromatic rings. The van der Waals surface area contributed by atoms with E-state index in [0.29, 0.717) is 0 Å². The van der Waals surface area contributed by atoms with Crippen LogP contribution in [0.1, 0.15) is 0 Å². The van der Waals surface area contributed by atoms with Gasteiger partial charge in [-0.2, -0.15) is 5.10 Å². The summed E-state index contributed by atoms with van der Waals surface area (Å²) in [5, 5.41) is 7.63. The fourth-order valence-electron chi connectivity index (χ4n) is 2.73. The fraction of sp³-hybridized carbons (Fsp3) is 0.250. The minimum Gasteiger partial charge on any atom is -0.368 e. The molecule has 5 nitrogen and oxygen atoms in total. The van der Waals surface area contributed by atoms with Gasteiger partial charge in [-0.05, 0) is 30.3 Å². The van der Waals surface area contributed by atoms with Gasteiger partial charge in [0.25, 0.3) is 0 Å². The predicted molar refractivity (Wildman–Crippen MR) is 83.5 cm³/mol. The number of nitrogens with one attached hydrogen (secondary N) is 1. The van der Waals surface area contributed by atoms with Gasteiger partial charge in [0, 0.05) is 44.1 Å². The molecule has 1 fully saturated rings. The van der Waals surface area contributed by atoms with Gasteiger partial charge in [-0.25, -0.2) is 4.52 Å². The van der Waals surface area contributed by atoms with E-state index >= 15 is 0 Å². The van der Waals surface area contributed by atoms with Crippen LogP contribution < -0.4 is 10.2 Å². The summed E-state index contributed by atoms with van der Waals surface area (Å²) in [6.07, 6.45) is 5.79. The zero-order chi connectivity index (χ0) is 14.1. The Balaban J connectivity index is 1.62. The number of piperazine rings is 1. The summed E-state index contributed by atoms with van der Waals surface area (Å²) in [5.74, 6) is 0. The first-order chi connectivity index (χ1) is 10.4. The van der Waals surface area contributed by atoms with E-state index in [9.17, 15) is 0 Å². The SMILES string of the molecule is c1cc2ccc(-c3ccc(N4CCNCC4)cn3)cn2n1. The van der Waals surface area contributed by atoms with Crippen LogP contribution in [0.15, 0.2) is 48.9 Å². The lowest BCUT2D eigenvalue weighted by Gasteiger charge is -2.29. The molecule has 0 aliphatic carbocycles. The maximum atomic E-state index is 4.61. The second-order valence-electron chi connectivity index (χ2n) is 5.26. The number of pyridine rings is 2. The lowest BCUT2D eigenvalue weighted by atomic mass is 10.2. The standard InChI is InChI=1S/C16H17N5/c1-2-14-5-6-19-21(14)12-13(1)16-4-3-15(11-18-16)20-9-7-17-8-10-20/h1-6,11-12,17H,7-10H2. The van der Waals surface area contributed by atoms with Crippen molar-refractivity contribution in [3.8, 4) is 11.3 Å². The molecule has 106 valence electrons. The summed E-state index contributed by atoms with van der Waals surface area (Å²) in [6, 6.07) is 10.4. The van der Waals surface area contributed by atoms with Crippen LogP contribution in [0.2, 0.25) is 0 Å². The first kappa shape index (κ1) is 12.3. The molecule has 1 aliphatic rings. The molecule has 1 N–H and O–H groups in total. The maximum absolute atomic E-state index is 4.61. The molecular weight excluding hydrogens is 262 g/mol. The molecule has 4 heterocycles. The molecule has 0 radical (unpaired) electrons. The minimum absolute atomic E-state index is 0.978. The zero-order valence-electron chi connectivity index (χ0n) is 11.7. The Bertz CT molecular complexity index is 741. The number of nitrogens with zero attached hydrogens (tertiary/aromatic N) is 4. The zero-order valence-corrected chi connectivity index (χ0v) is 11.7. The van der Waals surface area contributed by atoms with E-state index in [2.05, 4.69) is 44.6 Å². The van der Waals surface area contributed by atoms with Crippen LogP contribution in [0.25, 0.3) is 16.8 Å². The second kappa shape index (κ2) is 5.18. The minimum atomic E-state index is 0.978. The third-order valence-corrected chi connectivity index (χ3v) is 3.92. The van der Waals surface area contributed by atoms with Crippen molar-refractivity contribution in [2.24, 2.45) is 0 Å². The van der Waals surface area contributed by atoms with Crippen LogP contribution in [-0.4, -0.2) is 40.8 Å². The molecule has 0 saturated carbocycles. The van der Waals surface area contributed by atoms with Crippen molar-refractivity contribution in [3.05, 3.63) is 48.9 Å². The summed E-state index contributed by atoms with van der Waals surface area (Å²) in [7, 11) is 0. The highest BCUT2D eigenvalue weighted by Gasteiger charge is 2.11. The normalized spacial score (nSPS) is 15.5. The van der Waals surface area contributed by atoms with Crippen molar-refractivity contribution in [3.63, 3.8) is 0 Å². The Morgan fingerprint density at radius 1 is 1.00 bits per heavy atom. The number of anilines is 1. The van der Waals surface area contributed by atoms with Crippen molar-refractivity contribution in [2.75, 3.05) is 31.1 Å². The van der Waals surface area contributed by atoms with E-state index < -0.39 is 0 Å². The molecule has 0 amide bonds. The Morgan fingerprint density at radius 2 is 1.90 bits per heavy atom. The highest BCUT2D eigenvalue weighted by Crippen LogP contribution is 2.21. The van der Waals surface area contributed by atoms with Crippen LogP contribution in [-0.2, 0) is 0 Å². The first-order valence-electron chi connectivity index (χ1n) is 7.26. The quantitative estimate of drug-likeness (QED) is 0.777. The van der Waals surface area contributed by atoms with Gasteiger partial charge < -0.3 is 10.2 Å². The largest absolute Gasteiger partial charge is 0.368 e. The highest BCUT2D eigenvalue weighted by molar-refractivity contribution is 5.63. The molecule has 0 bridgehead atoms. The topological polar surface area (TPSA) is 45.5 Å². The smallest absolute Gasteiger partial charge is 0.0719 e. The van der Waals surface area contributed by atoms with E-state index in [4.69, 9.17) is 0 Å². The van der Waals surface area contributed by atoms with Gasteiger partial charge in [-0.1, -0.05) is 0 Å². The van der Waals surface area contributed by atoms with Gasteiger partial charge in [-0.3, -0.25) is 4.98 Å². The monoisotopic (exact) mass is 279 g/mol. The Labute approximate surface area is 123 Å². The predicted octanol–water partition coefficient (Wildman–Crippen LogP) is 1.81. The van der Waals surface area contributed by atoms with Crippen LogP contribution in [0, 0.1) is 0 Å². The number of hydrogen-bond donors (Lipinski definition) is 1. The molecule has 5 heteroatoms. The molecule has 21 heavy (non-hydrogen) atoms. The van der Waals surface area contributed by atoms with Crippen molar-refractivity contribution in [1.29, 1.82) is 0 Å². The van der Waals surface area contributed by atoms with Crippen LogP contribution in [0.5, 0.6) is 0 Å². The highest BCUT2D eigenvalue weighted by atomic mass is 15.2. The van der Waals surface area contributed by atoms with Gasteiger partial charge in [0.15, 0.2) is 0 Å². The maximum Gasteiger partial charge on any atom is 0.0719 e. The average Bonchev–Trinajstić information content (AvgIpc) is 3.03. The summed E-state index contributed by atoms with van der Waals surface area (Å²) in [5.41, 5.74) is 4.35. The average molecular weight is 279 g/mol. The first-order valence-corrected chi connectivity index (χ1v) is 7.26. The van der Waals surface area contributed by atoms with Gasteiger partial charge in [-0.15, -0.1) is 0 Å². The lowest BCUT2D eigenvalue weighted by molar-refractivity contribution is 0.589. The van der Waals surface area contributed by atoms with E-state index in [1.807, 2.05) is 23.0 Å². The molecule has 1 aliphatic heterocycles. The van der Waals surface area contributed by atoms with E-state index in [1.165, 1.54) is 5.69 Å². The number of rotatable bonds is 2. The van der Waals surface area contributed by atoms with Crippen molar-refractivity contribution >= 4 is 11.2 Å². The molecule has 0 spiro atoms. The second-order valence-corrected chi connectivity index (χ2v) is 5.26. The van der Waals surface area contributed by atoms with Crippen molar-refractivity contribution in [1.82, 2.24) is 19.9 Å². The van der Waals surface area contributed by atoms with Crippen LogP contribution >= 0.6 is 0 Å². The third-order valence-electron chi connectivity index (χ3n) is 3.92. The molecule has 0 aromatic carbocycles. The molecule has 3 aromatic heterocycles. The number of aromatic nitrogens is 3. The Morgan fingerprint density at radius 3 is 2.71 bits per heavy atom. The summed E-state index contributed by atoms with van der Waals surface area (Å²) in [6.45, 7) is 4.16. The third kappa shape index (κ3) is 2.36. The summed E-state index contributed by atoms with van der Waals surface area (Å²) >= 11 is 0. The Hall–Kier alpha value is -2.40. The van der Waals surface area contributed by atoms with Crippen molar-refractivity contribution in [2.45, 2.75) is 0 Å². The van der Waals surface area contributed by atoms with Gasteiger partial charge in [0.05, 0.1) is 23.1 Å². The number of fused-ring (bicyclic) bond motifs is 1. The van der Waals surface area contributed by atoms with E-state index in [-0.39, 0.29) is 0 Å². The lowest BCUT2D eigenvalue weighted by Crippen LogP contribution is -2.43. The van der Waals surface area contributed by atoms with Gasteiger partial charge in [0.1, 0.15) is 0 Å². The summed E-state index contributed by atoms with van der Waals surface area (Å²) in [4.78, 5) is 6.98. The van der Waals surface area contributed by atoms with E-state index in [0.717, 1.165) is 43.0 Å². The molecular formula is C16H17N5. The fourth-order valence-corrected chi connectivity index (χ4v) is 2.73. The number of hydrogen-bond acceptors (Lipinski definition) is 4. The molecule has 0 unspecified atom stereocenters. The van der Waals surface area contributed by atoms with E-state index in [1.54, 1.807) is 6.20 Å². The summed E-state index contributed by atoms with van der Waals surface area (Å²) < 4.78 is 1.88. The molecule has 1 saturated heterocycles. The Kier molecular flexibility index (Phi) is 3.05. The molecule has 4 rings (SSSR count). The van der Waals surface area contributed by atoms with Crippen LogP contribution in [0.4, 0.5) is 5.69 Å². The van der Waals surface area contributed by atoms with Gasteiger partial charge >= 0.3 is 0 Å². The molecule has 0 atom stereocenters.